The largest absolute Gasteiger partial charge is 0.480 e. The van der Waals surface area contributed by atoms with Crippen LogP contribution in [0, 0.1) is 12.7 Å². The first-order valence-corrected chi connectivity index (χ1v) is 10.7. The van der Waals surface area contributed by atoms with Crippen LogP contribution in [0.1, 0.15) is 34.4 Å². The number of nitrogens with one attached hydrogen (secondary N) is 1. The van der Waals surface area contributed by atoms with Crippen LogP contribution in [0.3, 0.4) is 0 Å². The number of ether oxygens (including phenoxy) is 1. The molecule has 0 spiro atoms. The van der Waals surface area contributed by atoms with E-state index in [0.29, 0.717) is 22.3 Å². The van der Waals surface area contributed by atoms with Gasteiger partial charge in [-0.15, -0.1) is 0 Å². The highest BCUT2D eigenvalue weighted by Crippen LogP contribution is 2.51. The molecule has 7 heteroatoms. The Morgan fingerprint density at radius 1 is 1.06 bits per heavy atom. The van der Waals surface area contributed by atoms with Crippen LogP contribution in [-0.2, 0) is 0 Å². The minimum Gasteiger partial charge on any atom is -0.480 e. The second kappa shape index (κ2) is 7.21. The normalized spacial score (nSPS) is 18.8. The summed E-state index contributed by atoms with van der Waals surface area (Å²) in [7, 11) is 0. The van der Waals surface area contributed by atoms with Crippen LogP contribution in [0.25, 0.3) is 5.70 Å². The summed E-state index contributed by atoms with van der Waals surface area (Å²) in [6.45, 7) is 2.04. The maximum Gasteiger partial charge on any atom is 0.226 e. The third-order valence-electron chi connectivity index (χ3n) is 5.96. The Hall–Kier alpha value is -3.64. The molecule has 0 amide bonds. The Labute approximate surface area is 189 Å². The summed E-state index contributed by atoms with van der Waals surface area (Å²) >= 11 is 6.34. The monoisotopic (exact) mass is 444 g/mol. The van der Waals surface area contributed by atoms with Gasteiger partial charge in [0, 0.05) is 21.7 Å². The van der Waals surface area contributed by atoms with Crippen LogP contribution < -0.4 is 10.1 Å². The van der Waals surface area contributed by atoms with Crippen molar-refractivity contribution in [3.8, 4) is 5.75 Å². The van der Waals surface area contributed by atoms with Crippen LogP contribution in [-0.4, -0.2) is 14.8 Å². The lowest BCUT2D eigenvalue weighted by atomic mass is 9.84. The van der Waals surface area contributed by atoms with Crippen LogP contribution >= 0.6 is 11.6 Å². The van der Waals surface area contributed by atoms with Crippen molar-refractivity contribution >= 4 is 23.2 Å². The molecule has 0 saturated heterocycles. The standard InChI is InChI=1S/C25H18ClFN4O/c1-14-6-8-15(9-7-14)24-21-22(18-12-16(26)10-11-20(18)32-24)30-25-28-13-29-31(25)23(21)17-4-2-3-5-19(17)27/h2-13,23-24H,1H3,(H,28,29,30)/t23-,24+/m0/s1. The lowest BCUT2D eigenvalue weighted by Gasteiger charge is -2.39. The Morgan fingerprint density at radius 2 is 1.88 bits per heavy atom. The molecule has 2 atom stereocenters. The van der Waals surface area contributed by atoms with E-state index in [-0.39, 0.29) is 5.82 Å². The van der Waals surface area contributed by atoms with Crippen molar-refractivity contribution in [2.24, 2.45) is 0 Å². The average Bonchev–Trinajstić information content (AvgIpc) is 3.27. The molecular formula is C25H18ClFN4O. The summed E-state index contributed by atoms with van der Waals surface area (Å²) in [5.74, 6) is 0.922. The second-order valence-corrected chi connectivity index (χ2v) is 8.39. The van der Waals surface area contributed by atoms with E-state index in [9.17, 15) is 0 Å². The average molecular weight is 445 g/mol. The van der Waals surface area contributed by atoms with E-state index in [1.807, 2.05) is 49.4 Å². The summed E-state index contributed by atoms with van der Waals surface area (Å²) in [6.07, 6.45) is 1.02. The van der Waals surface area contributed by atoms with Crippen molar-refractivity contribution in [3.63, 3.8) is 0 Å². The fourth-order valence-corrected chi connectivity index (χ4v) is 4.63. The Balaban J connectivity index is 1.65. The predicted molar refractivity (Wildman–Crippen MR) is 121 cm³/mol. The first kappa shape index (κ1) is 19.1. The van der Waals surface area contributed by atoms with Crippen LogP contribution in [0.15, 0.2) is 78.6 Å². The smallest absolute Gasteiger partial charge is 0.226 e. The molecule has 5 nitrogen and oxygen atoms in total. The predicted octanol–water partition coefficient (Wildman–Crippen LogP) is 5.94. The number of hydrogen-bond donors (Lipinski definition) is 1. The van der Waals surface area contributed by atoms with E-state index < -0.39 is 12.1 Å². The third-order valence-corrected chi connectivity index (χ3v) is 6.19. The maximum atomic E-state index is 15.1. The molecule has 0 fully saturated rings. The molecule has 0 aliphatic carbocycles. The van der Waals surface area contributed by atoms with Gasteiger partial charge in [0.15, 0.2) is 0 Å². The molecule has 0 radical (unpaired) electrons. The Kier molecular flexibility index (Phi) is 4.30. The molecule has 3 aromatic carbocycles. The Bertz CT molecular complexity index is 1380. The van der Waals surface area contributed by atoms with Crippen molar-refractivity contribution in [1.29, 1.82) is 0 Å². The van der Waals surface area contributed by atoms with Gasteiger partial charge in [0.2, 0.25) is 5.95 Å². The third kappa shape index (κ3) is 2.91. The summed E-state index contributed by atoms with van der Waals surface area (Å²) in [6, 6.07) is 19.9. The molecule has 32 heavy (non-hydrogen) atoms. The van der Waals surface area contributed by atoms with Crippen LogP contribution in [0.5, 0.6) is 5.75 Å². The van der Waals surface area contributed by atoms with Crippen molar-refractivity contribution in [1.82, 2.24) is 14.8 Å². The minimum atomic E-state index is -0.539. The summed E-state index contributed by atoms with van der Waals surface area (Å²) in [5.41, 5.74) is 5.10. The van der Waals surface area contributed by atoms with Crippen molar-refractivity contribution < 1.29 is 9.13 Å². The number of hydrogen-bond acceptors (Lipinski definition) is 4. The zero-order valence-electron chi connectivity index (χ0n) is 17.1. The van der Waals surface area contributed by atoms with Gasteiger partial charge in [0.25, 0.3) is 0 Å². The number of benzene rings is 3. The van der Waals surface area contributed by atoms with Gasteiger partial charge in [0.1, 0.15) is 30.0 Å². The van der Waals surface area contributed by atoms with Gasteiger partial charge >= 0.3 is 0 Å². The van der Waals surface area contributed by atoms with E-state index >= 15 is 4.39 Å². The highest BCUT2D eigenvalue weighted by atomic mass is 35.5. The van der Waals surface area contributed by atoms with Gasteiger partial charge in [-0.1, -0.05) is 59.6 Å². The Morgan fingerprint density at radius 3 is 2.69 bits per heavy atom. The molecule has 1 N–H and O–H groups in total. The van der Waals surface area contributed by atoms with E-state index in [4.69, 9.17) is 16.3 Å². The molecule has 4 aromatic rings. The number of anilines is 1. The van der Waals surface area contributed by atoms with Gasteiger partial charge in [0.05, 0.1) is 5.70 Å². The molecule has 158 valence electrons. The first-order chi connectivity index (χ1) is 15.6. The van der Waals surface area contributed by atoms with Gasteiger partial charge in [-0.05, 0) is 36.8 Å². The summed E-state index contributed by atoms with van der Waals surface area (Å²) < 4.78 is 23.3. The molecule has 2 aliphatic rings. The van der Waals surface area contributed by atoms with Gasteiger partial charge in [-0.25, -0.2) is 9.07 Å². The van der Waals surface area contributed by atoms with Crippen molar-refractivity contribution in [2.45, 2.75) is 19.1 Å². The van der Waals surface area contributed by atoms with Crippen LogP contribution in [0.4, 0.5) is 10.3 Å². The SMILES string of the molecule is Cc1ccc([C@H]2Oc3ccc(Cl)cc3C3=C2[C@H](c2ccccc2F)n2ncnc2N3)cc1. The molecular weight excluding hydrogens is 427 g/mol. The van der Waals surface area contributed by atoms with E-state index in [1.165, 1.54) is 12.4 Å². The highest BCUT2D eigenvalue weighted by Gasteiger charge is 2.41. The molecule has 0 unspecified atom stereocenters. The zero-order valence-corrected chi connectivity index (χ0v) is 17.8. The molecule has 3 heterocycles. The van der Waals surface area contributed by atoms with Gasteiger partial charge in [-0.3, -0.25) is 0 Å². The van der Waals surface area contributed by atoms with E-state index in [2.05, 4.69) is 15.4 Å². The van der Waals surface area contributed by atoms with Gasteiger partial charge in [-0.2, -0.15) is 10.1 Å². The number of halogens is 2. The number of rotatable bonds is 2. The number of nitrogens with zero attached hydrogens (tertiary/aromatic N) is 3. The molecule has 6 rings (SSSR count). The first-order valence-electron chi connectivity index (χ1n) is 10.3. The molecule has 0 bridgehead atoms. The minimum absolute atomic E-state index is 0.313. The van der Waals surface area contributed by atoms with Crippen molar-refractivity contribution in [2.75, 3.05) is 5.32 Å². The zero-order chi connectivity index (χ0) is 21.8. The van der Waals surface area contributed by atoms with E-state index in [0.717, 1.165) is 28.0 Å². The molecule has 2 aliphatic heterocycles. The summed E-state index contributed by atoms with van der Waals surface area (Å²) in [4.78, 5) is 4.37. The lowest BCUT2D eigenvalue weighted by molar-refractivity contribution is 0.222. The topological polar surface area (TPSA) is 52.0 Å². The highest BCUT2D eigenvalue weighted by molar-refractivity contribution is 6.30. The molecule has 0 saturated carbocycles. The van der Waals surface area contributed by atoms with Crippen molar-refractivity contribution in [3.05, 3.63) is 112 Å². The molecule has 1 aromatic heterocycles. The number of fused-ring (bicyclic) bond motifs is 3. The summed E-state index contributed by atoms with van der Waals surface area (Å²) in [5, 5.41) is 8.41. The van der Waals surface area contributed by atoms with Crippen LogP contribution in [0.2, 0.25) is 5.02 Å². The quantitative estimate of drug-likeness (QED) is 0.415. The van der Waals surface area contributed by atoms with E-state index in [1.54, 1.807) is 22.9 Å². The maximum absolute atomic E-state index is 15.1. The van der Waals surface area contributed by atoms with Gasteiger partial charge < -0.3 is 10.1 Å². The second-order valence-electron chi connectivity index (χ2n) is 7.96. The fraction of sp³-hybridized carbons (Fsp3) is 0.120. The number of aryl methyl sites for hydroxylation is 1. The number of aromatic nitrogens is 3. The fourth-order valence-electron chi connectivity index (χ4n) is 4.45. The lowest BCUT2D eigenvalue weighted by Crippen LogP contribution is -2.32.